The molecule has 6 nitrogen and oxygen atoms in total. The van der Waals surface area contributed by atoms with Gasteiger partial charge in [-0.2, -0.15) is 0 Å². The van der Waals surface area contributed by atoms with Crippen molar-refractivity contribution in [1.29, 1.82) is 0 Å². The fraction of sp³-hybridized carbons (Fsp3) is 0.481. The summed E-state index contributed by atoms with van der Waals surface area (Å²) in [5.41, 5.74) is 2.50. The zero-order valence-electron chi connectivity index (χ0n) is 19.5. The molecule has 1 saturated carbocycles. The van der Waals surface area contributed by atoms with Gasteiger partial charge in [0.05, 0.1) is 7.11 Å². The van der Waals surface area contributed by atoms with Crippen molar-refractivity contribution in [3.63, 3.8) is 0 Å². The fourth-order valence-corrected chi connectivity index (χ4v) is 4.88. The average molecular weight is 450 g/mol. The van der Waals surface area contributed by atoms with E-state index in [4.69, 9.17) is 4.74 Å². The third-order valence-corrected chi connectivity index (χ3v) is 6.89. The lowest BCUT2D eigenvalue weighted by atomic mass is 9.87. The van der Waals surface area contributed by atoms with Gasteiger partial charge in [0.2, 0.25) is 5.91 Å². The number of anilines is 1. The maximum absolute atomic E-state index is 12.8. The minimum absolute atomic E-state index is 0.141. The summed E-state index contributed by atoms with van der Waals surface area (Å²) in [6, 6.07) is 15.4. The second-order valence-corrected chi connectivity index (χ2v) is 9.20. The highest BCUT2D eigenvalue weighted by Crippen LogP contribution is 2.26. The van der Waals surface area contributed by atoms with Gasteiger partial charge in [-0.25, -0.2) is 0 Å². The molecule has 2 aliphatic rings. The Morgan fingerprint density at radius 2 is 1.70 bits per heavy atom. The van der Waals surface area contributed by atoms with Gasteiger partial charge in [0.15, 0.2) is 0 Å². The minimum Gasteiger partial charge on any atom is -0.497 e. The van der Waals surface area contributed by atoms with Gasteiger partial charge in [0.1, 0.15) is 5.75 Å². The molecule has 1 aliphatic carbocycles. The third kappa shape index (κ3) is 6.35. The van der Waals surface area contributed by atoms with Gasteiger partial charge in [0.25, 0.3) is 5.91 Å². The van der Waals surface area contributed by atoms with E-state index in [-0.39, 0.29) is 11.8 Å². The van der Waals surface area contributed by atoms with Gasteiger partial charge in [0, 0.05) is 42.8 Å². The van der Waals surface area contributed by atoms with Crippen molar-refractivity contribution in [1.82, 2.24) is 10.2 Å². The Morgan fingerprint density at radius 1 is 0.970 bits per heavy atom. The molecule has 0 spiro atoms. The molecule has 2 aromatic carbocycles. The van der Waals surface area contributed by atoms with Gasteiger partial charge in [-0.1, -0.05) is 31.4 Å². The number of likely N-dealkylation sites (tertiary alicyclic amines) is 1. The number of ether oxygens (including phenoxy) is 1. The van der Waals surface area contributed by atoms with Crippen LogP contribution < -0.4 is 15.4 Å². The number of piperidine rings is 1. The number of carbonyl (C=O) groups is 2. The fourth-order valence-electron chi connectivity index (χ4n) is 4.88. The van der Waals surface area contributed by atoms with Crippen LogP contribution in [0.3, 0.4) is 0 Å². The first-order valence-corrected chi connectivity index (χ1v) is 12.2. The Kier molecular flexibility index (Phi) is 8.00. The van der Waals surface area contributed by atoms with E-state index in [0.29, 0.717) is 17.5 Å². The molecule has 176 valence electrons. The van der Waals surface area contributed by atoms with Crippen LogP contribution in [0.2, 0.25) is 0 Å². The molecule has 2 aromatic rings. The molecule has 0 unspecified atom stereocenters. The molecule has 0 aromatic heterocycles. The monoisotopic (exact) mass is 449 g/mol. The van der Waals surface area contributed by atoms with Gasteiger partial charge in [-0.3, -0.25) is 9.59 Å². The van der Waals surface area contributed by atoms with Crippen LogP contribution in [0.25, 0.3) is 0 Å². The molecule has 6 heteroatoms. The van der Waals surface area contributed by atoms with E-state index in [2.05, 4.69) is 21.6 Å². The Balaban J connectivity index is 1.23. The maximum atomic E-state index is 12.8. The maximum Gasteiger partial charge on any atom is 0.255 e. The number of benzene rings is 2. The van der Waals surface area contributed by atoms with Gasteiger partial charge < -0.3 is 20.3 Å². The van der Waals surface area contributed by atoms with Crippen LogP contribution in [0, 0.1) is 5.92 Å². The van der Waals surface area contributed by atoms with E-state index >= 15 is 0 Å². The third-order valence-electron chi connectivity index (χ3n) is 6.89. The average Bonchev–Trinajstić information content (AvgIpc) is 2.88. The summed E-state index contributed by atoms with van der Waals surface area (Å²) >= 11 is 0. The molecule has 4 rings (SSSR count). The number of nitrogens with one attached hydrogen (secondary N) is 2. The summed E-state index contributed by atoms with van der Waals surface area (Å²) in [6.07, 6.45) is 7.81. The normalized spacial score (nSPS) is 17.5. The lowest BCUT2D eigenvalue weighted by Crippen LogP contribution is -2.46. The van der Waals surface area contributed by atoms with E-state index in [1.807, 2.05) is 18.2 Å². The molecule has 0 atom stereocenters. The molecular formula is C27H35N3O3. The Bertz CT molecular complexity index is 930. The predicted molar refractivity (Wildman–Crippen MR) is 130 cm³/mol. The molecule has 0 radical (unpaired) electrons. The number of carbonyl (C=O) groups excluding carboxylic acids is 2. The Hall–Kier alpha value is -2.86. The number of hydrogen-bond donors (Lipinski definition) is 2. The van der Waals surface area contributed by atoms with E-state index < -0.39 is 0 Å². The van der Waals surface area contributed by atoms with Crippen molar-refractivity contribution in [3.05, 3.63) is 59.7 Å². The molecular weight excluding hydrogens is 414 g/mol. The minimum atomic E-state index is -0.141. The number of amides is 2. The summed E-state index contributed by atoms with van der Waals surface area (Å²) in [7, 11) is 1.61. The van der Waals surface area contributed by atoms with Crippen LogP contribution in [0.15, 0.2) is 48.5 Å². The molecule has 2 fully saturated rings. The van der Waals surface area contributed by atoms with Gasteiger partial charge in [-0.15, -0.1) is 0 Å². The van der Waals surface area contributed by atoms with Crippen LogP contribution in [0.1, 0.15) is 60.9 Å². The number of rotatable bonds is 7. The van der Waals surface area contributed by atoms with E-state index in [1.54, 1.807) is 31.4 Å². The van der Waals surface area contributed by atoms with Crippen molar-refractivity contribution < 1.29 is 14.3 Å². The highest BCUT2D eigenvalue weighted by atomic mass is 16.5. The predicted octanol–water partition coefficient (Wildman–Crippen LogP) is 4.61. The number of nitrogens with zero attached hydrogens (tertiary/aromatic N) is 1. The largest absolute Gasteiger partial charge is 0.497 e. The van der Waals surface area contributed by atoms with Crippen molar-refractivity contribution in [2.45, 2.75) is 57.5 Å². The summed E-state index contributed by atoms with van der Waals surface area (Å²) in [6.45, 7) is 2.45. The SMILES string of the molecule is COc1ccc(C(=O)Nc2cccc(CNC3CCN(C(=O)C4CCCCC4)CC3)c2)cc1. The molecule has 1 aliphatic heterocycles. The highest BCUT2D eigenvalue weighted by molar-refractivity contribution is 6.04. The van der Waals surface area contributed by atoms with Crippen molar-refractivity contribution in [3.8, 4) is 5.75 Å². The number of hydrogen-bond acceptors (Lipinski definition) is 4. The van der Waals surface area contributed by atoms with Crippen molar-refractivity contribution in [2.75, 3.05) is 25.5 Å². The summed E-state index contributed by atoms with van der Waals surface area (Å²) in [4.78, 5) is 27.4. The molecule has 1 saturated heterocycles. The van der Waals surface area contributed by atoms with Crippen LogP contribution in [0.4, 0.5) is 5.69 Å². The van der Waals surface area contributed by atoms with Gasteiger partial charge in [-0.05, 0) is 67.6 Å². The van der Waals surface area contributed by atoms with Gasteiger partial charge >= 0.3 is 0 Å². The Labute approximate surface area is 196 Å². The smallest absolute Gasteiger partial charge is 0.255 e. The van der Waals surface area contributed by atoms with E-state index in [9.17, 15) is 9.59 Å². The van der Waals surface area contributed by atoms with Crippen molar-refractivity contribution >= 4 is 17.5 Å². The van der Waals surface area contributed by atoms with Crippen LogP contribution in [-0.4, -0.2) is 43.0 Å². The molecule has 2 N–H and O–H groups in total. The van der Waals surface area contributed by atoms with Crippen molar-refractivity contribution in [2.24, 2.45) is 5.92 Å². The quantitative estimate of drug-likeness (QED) is 0.648. The summed E-state index contributed by atoms with van der Waals surface area (Å²) in [5, 5.41) is 6.61. The van der Waals surface area contributed by atoms with Crippen LogP contribution in [0.5, 0.6) is 5.75 Å². The lowest BCUT2D eigenvalue weighted by Gasteiger charge is -2.35. The first kappa shape index (κ1) is 23.3. The first-order chi connectivity index (χ1) is 16.1. The topological polar surface area (TPSA) is 70.7 Å². The summed E-state index contributed by atoms with van der Waals surface area (Å²) < 4.78 is 5.15. The standard InChI is InChI=1S/C27H35N3O3/c1-33-25-12-10-21(11-13-25)26(31)29-24-9-5-6-20(18-24)19-28-23-14-16-30(17-15-23)27(32)22-7-3-2-4-8-22/h5-6,9-13,18,22-23,28H,2-4,7-8,14-17,19H2,1H3,(H,29,31). The molecule has 33 heavy (non-hydrogen) atoms. The lowest BCUT2D eigenvalue weighted by molar-refractivity contribution is -0.137. The highest BCUT2D eigenvalue weighted by Gasteiger charge is 2.28. The molecule has 0 bridgehead atoms. The van der Waals surface area contributed by atoms with Crippen LogP contribution >= 0.6 is 0 Å². The zero-order chi connectivity index (χ0) is 23.0. The zero-order valence-corrected chi connectivity index (χ0v) is 19.5. The molecule has 2 amide bonds. The summed E-state index contributed by atoms with van der Waals surface area (Å²) in [5.74, 6) is 1.23. The molecule has 1 heterocycles. The first-order valence-electron chi connectivity index (χ1n) is 12.2. The van der Waals surface area contributed by atoms with E-state index in [1.165, 1.54) is 19.3 Å². The second-order valence-electron chi connectivity index (χ2n) is 9.20. The van der Waals surface area contributed by atoms with Crippen LogP contribution in [-0.2, 0) is 11.3 Å². The Morgan fingerprint density at radius 3 is 2.39 bits per heavy atom. The number of methoxy groups -OCH3 is 1. The second kappa shape index (κ2) is 11.3. The van der Waals surface area contributed by atoms with E-state index in [0.717, 1.165) is 62.3 Å².